The molecule has 0 aliphatic rings. The van der Waals surface area contributed by atoms with Gasteiger partial charge in [-0.25, -0.2) is 4.68 Å². The highest BCUT2D eigenvalue weighted by Crippen LogP contribution is 2.16. The average molecular weight is 405 g/mol. The number of carbonyl (C=O) groups excluding carboxylic acids is 2. The lowest BCUT2D eigenvalue weighted by atomic mass is 10.1. The third-order valence-electron chi connectivity index (χ3n) is 4.94. The number of hydrogen-bond acceptors (Lipinski definition) is 4. The Balaban J connectivity index is 1.63. The van der Waals surface area contributed by atoms with Crippen molar-refractivity contribution in [2.75, 3.05) is 24.3 Å². The first-order valence-corrected chi connectivity index (χ1v) is 10.3. The van der Waals surface area contributed by atoms with Crippen LogP contribution in [0.2, 0.25) is 0 Å². The summed E-state index contributed by atoms with van der Waals surface area (Å²) >= 11 is 0. The molecule has 156 valence electrons. The zero-order chi connectivity index (χ0) is 21.5. The molecular formula is C24H28N4O2. The number of benzene rings is 2. The molecule has 2 aromatic carbocycles. The predicted molar refractivity (Wildman–Crippen MR) is 120 cm³/mol. The van der Waals surface area contributed by atoms with E-state index < -0.39 is 0 Å². The monoisotopic (exact) mass is 404 g/mol. The molecule has 0 spiro atoms. The lowest BCUT2D eigenvalue weighted by Gasteiger charge is -2.12. The Morgan fingerprint density at radius 3 is 2.30 bits per heavy atom. The molecule has 0 aliphatic heterocycles. The molecule has 0 radical (unpaired) electrons. The third-order valence-corrected chi connectivity index (χ3v) is 4.94. The second-order valence-corrected chi connectivity index (χ2v) is 7.50. The summed E-state index contributed by atoms with van der Waals surface area (Å²) in [5.41, 5.74) is 3.67. The van der Waals surface area contributed by atoms with Crippen LogP contribution in [-0.4, -0.2) is 35.7 Å². The minimum Gasteiger partial charge on any atom is -0.378 e. The fraction of sp³-hybridized carbons (Fsp3) is 0.292. The molecule has 3 aromatic rings. The van der Waals surface area contributed by atoms with Crippen molar-refractivity contribution in [1.82, 2.24) is 9.78 Å². The van der Waals surface area contributed by atoms with E-state index in [-0.39, 0.29) is 17.5 Å². The number of rotatable bonds is 8. The first kappa shape index (κ1) is 21.3. The first-order chi connectivity index (χ1) is 14.5. The Labute approximate surface area is 177 Å². The summed E-state index contributed by atoms with van der Waals surface area (Å²) in [7, 11) is 3.91. The molecule has 0 aliphatic carbocycles. The summed E-state index contributed by atoms with van der Waals surface area (Å²) in [5.74, 6) is -0.616. The fourth-order valence-corrected chi connectivity index (χ4v) is 3.12. The van der Waals surface area contributed by atoms with Gasteiger partial charge in [-0.2, -0.15) is 5.10 Å². The van der Waals surface area contributed by atoms with Crippen LogP contribution < -0.4 is 10.2 Å². The molecule has 0 bridgehead atoms. The summed E-state index contributed by atoms with van der Waals surface area (Å²) in [6.07, 6.45) is 6.08. The van der Waals surface area contributed by atoms with Gasteiger partial charge in [0.15, 0.2) is 5.69 Å². The van der Waals surface area contributed by atoms with Gasteiger partial charge < -0.3 is 10.2 Å². The van der Waals surface area contributed by atoms with Gasteiger partial charge in [0, 0.05) is 37.2 Å². The lowest BCUT2D eigenvalue weighted by Crippen LogP contribution is -2.16. The van der Waals surface area contributed by atoms with E-state index in [1.54, 1.807) is 6.07 Å². The highest BCUT2D eigenvalue weighted by Gasteiger charge is 2.15. The van der Waals surface area contributed by atoms with Crippen molar-refractivity contribution in [3.63, 3.8) is 0 Å². The van der Waals surface area contributed by atoms with Crippen molar-refractivity contribution >= 4 is 23.2 Å². The van der Waals surface area contributed by atoms with Crippen LogP contribution in [0.15, 0.2) is 60.8 Å². The molecule has 0 unspecified atom stereocenters. The largest absolute Gasteiger partial charge is 0.378 e. The highest BCUT2D eigenvalue weighted by atomic mass is 16.2. The first-order valence-electron chi connectivity index (χ1n) is 10.3. The number of aryl methyl sites for hydroxylation is 1. The summed E-state index contributed by atoms with van der Waals surface area (Å²) in [6.45, 7) is 2.18. The van der Waals surface area contributed by atoms with E-state index in [2.05, 4.69) is 17.3 Å². The zero-order valence-corrected chi connectivity index (χ0v) is 17.8. The maximum absolute atomic E-state index is 12.7. The molecule has 1 aromatic heterocycles. The highest BCUT2D eigenvalue weighted by molar-refractivity contribution is 6.03. The van der Waals surface area contributed by atoms with Crippen LogP contribution in [0.4, 0.5) is 11.4 Å². The van der Waals surface area contributed by atoms with E-state index >= 15 is 0 Å². The second kappa shape index (κ2) is 9.87. The fourth-order valence-electron chi connectivity index (χ4n) is 3.12. The van der Waals surface area contributed by atoms with Gasteiger partial charge in [-0.3, -0.25) is 9.59 Å². The van der Waals surface area contributed by atoms with E-state index in [1.165, 1.54) is 29.3 Å². The van der Waals surface area contributed by atoms with Crippen molar-refractivity contribution in [3.8, 4) is 0 Å². The number of aromatic nitrogens is 2. The quantitative estimate of drug-likeness (QED) is 0.556. The van der Waals surface area contributed by atoms with Gasteiger partial charge in [0.2, 0.25) is 0 Å². The average Bonchev–Trinajstić information content (AvgIpc) is 3.25. The SMILES string of the molecule is CCCCCc1ccc(C(=O)n2ccc(C(=O)Nc3ccc(N(C)C)cc3)n2)cc1. The number of unbranched alkanes of at least 4 members (excludes halogenated alkanes) is 2. The van der Waals surface area contributed by atoms with Crippen LogP contribution in [0, 0.1) is 0 Å². The van der Waals surface area contributed by atoms with E-state index in [0.717, 1.165) is 18.5 Å². The van der Waals surface area contributed by atoms with E-state index in [4.69, 9.17) is 0 Å². The van der Waals surface area contributed by atoms with Crippen molar-refractivity contribution < 1.29 is 9.59 Å². The lowest BCUT2D eigenvalue weighted by molar-refractivity contribution is 0.0944. The van der Waals surface area contributed by atoms with Crippen molar-refractivity contribution in [2.24, 2.45) is 0 Å². The molecule has 0 fully saturated rings. The number of nitrogens with one attached hydrogen (secondary N) is 1. The summed E-state index contributed by atoms with van der Waals surface area (Å²) in [4.78, 5) is 27.1. The van der Waals surface area contributed by atoms with Crippen LogP contribution >= 0.6 is 0 Å². The molecule has 1 N–H and O–H groups in total. The van der Waals surface area contributed by atoms with E-state index in [9.17, 15) is 9.59 Å². The standard InChI is InChI=1S/C24H28N4O2/c1-4-5-6-7-18-8-10-19(11-9-18)24(30)28-17-16-22(26-28)23(29)25-20-12-14-21(15-13-20)27(2)3/h8-17H,4-7H2,1-3H3,(H,25,29). The van der Waals surface area contributed by atoms with Crippen LogP contribution in [-0.2, 0) is 6.42 Å². The van der Waals surface area contributed by atoms with Gasteiger partial charge in [-0.15, -0.1) is 0 Å². The molecule has 1 amide bonds. The minimum absolute atomic E-state index is 0.191. The normalized spacial score (nSPS) is 10.6. The van der Waals surface area contributed by atoms with Crippen LogP contribution in [0.3, 0.4) is 0 Å². The van der Waals surface area contributed by atoms with Crippen molar-refractivity contribution in [3.05, 3.63) is 77.6 Å². The molecule has 0 saturated heterocycles. The Morgan fingerprint density at radius 1 is 0.967 bits per heavy atom. The maximum atomic E-state index is 12.7. The summed E-state index contributed by atoms with van der Waals surface area (Å²) in [6, 6.07) is 16.6. The zero-order valence-electron chi connectivity index (χ0n) is 17.8. The molecular weight excluding hydrogens is 376 g/mol. The molecule has 30 heavy (non-hydrogen) atoms. The number of nitrogens with zero attached hydrogens (tertiary/aromatic N) is 3. The third kappa shape index (κ3) is 5.35. The number of hydrogen-bond donors (Lipinski definition) is 1. The molecule has 0 saturated carbocycles. The summed E-state index contributed by atoms with van der Waals surface area (Å²) in [5, 5.41) is 6.96. The molecule has 1 heterocycles. The van der Waals surface area contributed by atoms with E-state index in [1.807, 2.05) is 67.5 Å². The minimum atomic E-state index is -0.356. The van der Waals surface area contributed by atoms with Crippen LogP contribution in [0.1, 0.15) is 52.6 Å². The number of carbonyl (C=O) groups is 2. The Kier molecular flexibility index (Phi) is 7.01. The predicted octanol–water partition coefficient (Wildman–Crippen LogP) is 4.62. The van der Waals surface area contributed by atoms with Gasteiger partial charge >= 0.3 is 0 Å². The number of amides is 1. The van der Waals surface area contributed by atoms with Crippen molar-refractivity contribution in [1.29, 1.82) is 0 Å². The number of anilines is 2. The molecule has 0 atom stereocenters. The van der Waals surface area contributed by atoms with Crippen LogP contribution in [0.25, 0.3) is 0 Å². The van der Waals surface area contributed by atoms with Gasteiger partial charge in [0.25, 0.3) is 11.8 Å². The Morgan fingerprint density at radius 2 is 1.67 bits per heavy atom. The Hall–Kier alpha value is -3.41. The van der Waals surface area contributed by atoms with Gasteiger partial charge in [0.1, 0.15) is 0 Å². The smallest absolute Gasteiger partial charge is 0.278 e. The van der Waals surface area contributed by atoms with Gasteiger partial charge in [-0.1, -0.05) is 31.9 Å². The summed E-state index contributed by atoms with van der Waals surface area (Å²) < 4.78 is 1.20. The second-order valence-electron chi connectivity index (χ2n) is 7.50. The Bertz CT molecular complexity index is 989. The molecule has 3 rings (SSSR count). The molecule has 6 nitrogen and oxygen atoms in total. The van der Waals surface area contributed by atoms with Gasteiger partial charge in [0.05, 0.1) is 0 Å². The molecule has 6 heteroatoms. The van der Waals surface area contributed by atoms with E-state index in [0.29, 0.717) is 11.3 Å². The topological polar surface area (TPSA) is 67.2 Å². The van der Waals surface area contributed by atoms with Gasteiger partial charge in [-0.05, 0) is 60.9 Å². The van der Waals surface area contributed by atoms with Crippen molar-refractivity contribution in [2.45, 2.75) is 32.6 Å². The van der Waals surface area contributed by atoms with Crippen LogP contribution in [0.5, 0.6) is 0 Å². The maximum Gasteiger partial charge on any atom is 0.278 e.